The molecule has 1 heteroatoms. The van der Waals surface area contributed by atoms with Crippen LogP contribution in [0.15, 0.2) is 12.1 Å². The fraction of sp³-hybridized carbons (Fsp3) is 0.600. The Morgan fingerprint density at radius 3 is 2.25 bits per heavy atom. The van der Waals surface area contributed by atoms with Gasteiger partial charge in [0, 0.05) is 5.54 Å². The third-order valence-corrected chi connectivity index (χ3v) is 3.44. The summed E-state index contributed by atoms with van der Waals surface area (Å²) in [6.07, 6.45) is 3.40. The molecule has 0 saturated carbocycles. The average Bonchev–Trinajstić information content (AvgIpc) is 2.16. The SMILES string of the molecule is Cc1ccc(CCCC(C)(C)N)c(C)c1C. The van der Waals surface area contributed by atoms with Gasteiger partial charge in [-0.1, -0.05) is 12.1 Å². The second-order valence-electron chi connectivity index (χ2n) is 5.63. The summed E-state index contributed by atoms with van der Waals surface area (Å²) < 4.78 is 0. The van der Waals surface area contributed by atoms with Crippen LogP contribution in [-0.4, -0.2) is 5.54 Å². The molecule has 0 aliphatic heterocycles. The van der Waals surface area contributed by atoms with Crippen LogP contribution in [0.1, 0.15) is 48.9 Å². The Kier molecular flexibility index (Phi) is 4.15. The van der Waals surface area contributed by atoms with Gasteiger partial charge in [0.05, 0.1) is 0 Å². The van der Waals surface area contributed by atoms with Crippen LogP contribution in [-0.2, 0) is 6.42 Å². The van der Waals surface area contributed by atoms with E-state index in [1.165, 1.54) is 28.7 Å². The highest BCUT2D eigenvalue weighted by atomic mass is 14.7. The van der Waals surface area contributed by atoms with Crippen LogP contribution in [0.5, 0.6) is 0 Å². The molecule has 16 heavy (non-hydrogen) atoms. The van der Waals surface area contributed by atoms with Gasteiger partial charge in [0.15, 0.2) is 0 Å². The number of rotatable bonds is 4. The maximum Gasteiger partial charge on any atom is 0.00971 e. The molecule has 0 aliphatic rings. The third-order valence-electron chi connectivity index (χ3n) is 3.44. The number of nitrogens with two attached hydrogens (primary N) is 1. The highest BCUT2D eigenvalue weighted by Gasteiger charge is 2.10. The van der Waals surface area contributed by atoms with Crippen LogP contribution < -0.4 is 5.73 Å². The summed E-state index contributed by atoms with van der Waals surface area (Å²) in [5.74, 6) is 0. The summed E-state index contributed by atoms with van der Waals surface area (Å²) in [4.78, 5) is 0. The van der Waals surface area contributed by atoms with Gasteiger partial charge >= 0.3 is 0 Å². The van der Waals surface area contributed by atoms with Gasteiger partial charge in [-0.25, -0.2) is 0 Å². The Morgan fingerprint density at radius 2 is 1.69 bits per heavy atom. The summed E-state index contributed by atoms with van der Waals surface area (Å²) >= 11 is 0. The molecule has 0 amide bonds. The zero-order valence-corrected chi connectivity index (χ0v) is 11.4. The zero-order chi connectivity index (χ0) is 12.3. The Labute approximate surface area is 100 Å². The number of hydrogen-bond donors (Lipinski definition) is 1. The molecule has 1 rings (SSSR count). The lowest BCUT2D eigenvalue weighted by atomic mass is 9.92. The zero-order valence-electron chi connectivity index (χ0n) is 11.4. The van der Waals surface area contributed by atoms with Gasteiger partial charge < -0.3 is 5.73 Å². The van der Waals surface area contributed by atoms with Crippen molar-refractivity contribution in [2.45, 2.75) is 59.4 Å². The average molecular weight is 219 g/mol. The minimum Gasteiger partial charge on any atom is -0.326 e. The predicted molar refractivity (Wildman–Crippen MR) is 71.9 cm³/mol. The largest absolute Gasteiger partial charge is 0.326 e. The lowest BCUT2D eigenvalue weighted by Crippen LogP contribution is -2.31. The van der Waals surface area contributed by atoms with Crippen molar-refractivity contribution >= 4 is 0 Å². The van der Waals surface area contributed by atoms with Crippen LogP contribution >= 0.6 is 0 Å². The molecule has 0 heterocycles. The van der Waals surface area contributed by atoms with Crippen molar-refractivity contribution in [2.75, 3.05) is 0 Å². The van der Waals surface area contributed by atoms with Crippen molar-refractivity contribution < 1.29 is 0 Å². The molecule has 90 valence electrons. The Balaban J connectivity index is 2.65. The Morgan fingerprint density at radius 1 is 1.06 bits per heavy atom. The molecule has 0 atom stereocenters. The molecule has 0 aromatic heterocycles. The molecule has 2 N–H and O–H groups in total. The van der Waals surface area contributed by atoms with Crippen molar-refractivity contribution in [1.82, 2.24) is 0 Å². The first-order valence-electron chi connectivity index (χ1n) is 6.16. The maximum absolute atomic E-state index is 5.99. The van der Waals surface area contributed by atoms with E-state index in [0.29, 0.717) is 0 Å². The van der Waals surface area contributed by atoms with Crippen LogP contribution in [0.4, 0.5) is 0 Å². The summed E-state index contributed by atoms with van der Waals surface area (Å²) in [5.41, 5.74) is 11.7. The monoisotopic (exact) mass is 219 g/mol. The first-order valence-corrected chi connectivity index (χ1v) is 6.16. The van der Waals surface area contributed by atoms with Crippen molar-refractivity contribution in [3.05, 3.63) is 34.4 Å². The predicted octanol–water partition coefficient (Wildman–Crippen LogP) is 3.67. The van der Waals surface area contributed by atoms with Crippen LogP contribution in [0, 0.1) is 20.8 Å². The molecule has 0 radical (unpaired) electrons. The van der Waals surface area contributed by atoms with E-state index in [1.54, 1.807) is 0 Å². The Bertz CT molecular complexity index is 358. The molecule has 1 nitrogen and oxygen atoms in total. The highest BCUT2D eigenvalue weighted by Crippen LogP contribution is 2.20. The molecule has 1 aromatic rings. The van der Waals surface area contributed by atoms with Crippen LogP contribution in [0.25, 0.3) is 0 Å². The number of benzene rings is 1. The first-order chi connectivity index (χ1) is 7.31. The quantitative estimate of drug-likeness (QED) is 0.821. The lowest BCUT2D eigenvalue weighted by Gasteiger charge is -2.18. The van der Waals surface area contributed by atoms with E-state index < -0.39 is 0 Å². The van der Waals surface area contributed by atoms with Crippen LogP contribution in [0.2, 0.25) is 0 Å². The molecule has 0 aliphatic carbocycles. The number of hydrogen-bond acceptors (Lipinski definition) is 1. The molecule has 0 fully saturated rings. The van der Waals surface area contributed by atoms with Crippen molar-refractivity contribution in [1.29, 1.82) is 0 Å². The fourth-order valence-corrected chi connectivity index (χ4v) is 2.02. The van der Waals surface area contributed by atoms with Gasteiger partial charge in [-0.05, 0) is 76.1 Å². The normalized spacial score (nSPS) is 11.9. The maximum atomic E-state index is 5.99. The van der Waals surface area contributed by atoms with Gasteiger partial charge in [-0.2, -0.15) is 0 Å². The first kappa shape index (κ1) is 13.2. The molecule has 0 bridgehead atoms. The van der Waals surface area contributed by atoms with Gasteiger partial charge in [0.2, 0.25) is 0 Å². The van der Waals surface area contributed by atoms with E-state index in [-0.39, 0.29) is 5.54 Å². The Hall–Kier alpha value is -0.820. The van der Waals surface area contributed by atoms with E-state index in [4.69, 9.17) is 5.73 Å². The number of aryl methyl sites for hydroxylation is 2. The van der Waals surface area contributed by atoms with Crippen LogP contribution in [0.3, 0.4) is 0 Å². The summed E-state index contributed by atoms with van der Waals surface area (Å²) in [7, 11) is 0. The van der Waals surface area contributed by atoms with Gasteiger partial charge in [-0.3, -0.25) is 0 Å². The summed E-state index contributed by atoms with van der Waals surface area (Å²) in [6, 6.07) is 4.49. The van der Waals surface area contributed by atoms with E-state index in [9.17, 15) is 0 Å². The fourth-order valence-electron chi connectivity index (χ4n) is 2.02. The lowest BCUT2D eigenvalue weighted by molar-refractivity contribution is 0.459. The van der Waals surface area contributed by atoms with Gasteiger partial charge in [-0.15, -0.1) is 0 Å². The highest BCUT2D eigenvalue weighted by molar-refractivity contribution is 5.38. The second-order valence-corrected chi connectivity index (χ2v) is 5.63. The van der Waals surface area contributed by atoms with E-state index in [2.05, 4.69) is 46.8 Å². The summed E-state index contributed by atoms with van der Waals surface area (Å²) in [5, 5.41) is 0. The minimum atomic E-state index is -0.0341. The van der Waals surface area contributed by atoms with Crippen molar-refractivity contribution in [3.63, 3.8) is 0 Å². The van der Waals surface area contributed by atoms with E-state index >= 15 is 0 Å². The van der Waals surface area contributed by atoms with E-state index in [0.717, 1.165) is 12.8 Å². The molecular weight excluding hydrogens is 194 g/mol. The molecule has 0 saturated heterocycles. The van der Waals surface area contributed by atoms with Gasteiger partial charge in [0.1, 0.15) is 0 Å². The smallest absolute Gasteiger partial charge is 0.00971 e. The van der Waals surface area contributed by atoms with Crippen molar-refractivity contribution in [3.8, 4) is 0 Å². The van der Waals surface area contributed by atoms with Crippen molar-refractivity contribution in [2.24, 2.45) is 5.73 Å². The molecule has 0 spiro atoms. The second kappa shape index (κ2) is 5.01. The topological polar surface area (TPSA) is 26.0 Å². The summed E-state index contributed by atoms with van der Waals surface area (Å²) in [6.45, 7) is 10.8. The van der Waals surface area contributed by atoms with Gasteiger partial charge in [0.25, 0.3) is 0 Å². The molecule has 1 aromatic carbocycles. The standard InChI is InChI=1S/C15H25N/c1-11-8-9-14(13(3)12(11)2)7-6-10-15(4,5)16/h8-9H,6-7,10,16H2,1-5H3. The molecular formula is C15H25N. The van der Waals surface area contributed by atoms with E-state index in [1.807, 2.05) is 0 Å². The minimum absolute atomic E-state index is 0.0341. The molecule has 0 unspecified atom stereocenters. The third kappa shape index (κ3) is 3.64.